The van der Waals surface area contributed by atoms with Crippen LogP contribution in [0.4, 0.5) is 4.79 Å². The number of benzene rings is 3. The van der Waals surface area contributed by atoms with Crippen molar-refractivity contribution in [2.24, 2.45) is 5.84 Å². The highest BCUT2D eigenvalue weighted by molar-refractivity contribution is 7.85. The van der Waals surface area contributed by atoms with Gasteiger partial charge in [-0.2, -0.15) is 8.42 Å². The molecule has 9 nitrogen and oxygen atoms in total. The maximum Gasteiger partial charge on any atom is 0.334 e. The number of hydrogen-bond donors (Lipinski definition) is 2. The fourth-order valence-electron chi connectivity index (χ4n) is 3.78. The van der Waals surface area contributed by atoms with Crippen LogP contribution < -0.4 is 15.3 Å². The Bertz CT molecular complexity index is 1250. The number of rotatable bonds is 7. The van der Waals surface area contributed by atoms with Gasteiger partial charge in [0, 0.05) is 6.54 Å². The first kappa shape index (κ1) is 27.0. The third-order valence-corrected chi connectivity index (χ3v) is 6.72. The molecule has 1 unspecified atom stereocenters. The van der Waals surface area contributed by atoms with E-state index >= 15 is 0 Å². The first-order valence-electron chi connectivity index (χ1n) is 11.3. The molecule has 0 saturated carbocycles. The lowest BCUT2D eigenvalue weighted by Crippen LogP contribution is -2.37. The van der Waals surface area contributed by atoms with Gasteiger partial charge in [-0.3, -0.25) is 9.56 Å². The molecule has 4 rings (SSSR count). The molecule has 0 spiro atoms. The van der Waals surface area contributed by atoms with Crippen LogP contribution >= 0.6 is 0 Å². The zero-order valence-corrected chi connectivity index (χ0v) is 21.3. The zero-order chi connectivity index (χ0) is 26.3. The first-order valence-corrected chi connectivity index (χ1v) is 12.7. The zero-order valence-electron chi connectivity index (χ0n) is 20.5. The van der Waals surface area contributed by atoms with Gasteiger partial charge in [0.05, 0.1) is 31.7 Å². The predicted octanol–water partition coefficient (Wildman–Crippen LogP) is 3.84. The minimum atomic E-state index is -4.02. The summed E-state index contributed by atoms with van der Waals surface area (Å²) in [4.78, 5) is 14.2. The summed E-state index contributed by atoms with van der Waals surface area (Å²) in [6.07, 6.45) is 0.760. The maximum atomic E-state index is 12.4. The Hall–Kier alpha value is -3.60. The van der Waals surface area contributed by atoms with Crippen LogP contribution in [0.5, 0.6) is 11.5 Å². The smallest absolute Gasteiger partial charge is 0.334 e. The number of aryl methyl sites for hydroxylation is 1. The van der Waals surface area contributed by atoms with Gasteiger partial charge in [0.2, 0.25) is 0 Å². The Morgan fingerprint density at radius 2 is 1.44 bits per heavy atom. The Labute approximate surface area is 211 Å². The van der Waals surface area contributed by atoms with Crippen molar-refractivity contribution in [1.29, 1.82) is 0 Å². The molecule has 2 amide bonds. The summed E-state index contributed by atoms with van der Waals surface area (Å²) in [7, 11) is -0.738. The molecule has 0 radical (unpaired) electrons. The van der Waals surface area contributed by atoms with Crippen LogP contribution in [0.2, 0.25) is 0 Å². The van der Waals surface area contributed by atoms with Crippen molar-refractivity contribution in [2.45, 2.75) is 24.3 Å². The van der Waals surface area contributed by atoms with Crippen LogP contribution in [0.25, 0.3) is 0 Å². The molecule has 0 aliphatic carbocycles. The predicted molar refractivity (Wildman–Crippen MR) is 136 cm³/mol. The van der Waals surface area contributed by atoms with E-state index in [9.17, 15) is 13.2 Å². The SMILES string of the molecule is COc1ccc(CCN2C(=O)N(N)CC2c2ccc(OC)cc2)cc1.Cc1ccc(S(=O)(=O)O)cc1. The van der Waals surface area contributed by atoms with Gasteiger partial charge >= 0.3 is 6.03 Å². The molecule has 10 heteroatoms. The number of nitrogens with zero attached hydrogens (tertiary/aromatic N) is 2. The van der Waals surface area contributed by atoms with E-state index in [1.165, 1.54) is 17.1 Å². The number of ether oxygens (including phenoxy) is 2. The van der Waals surface area contributed by atoms with Crippen molar-refractivity contribution in [3.63, 3.8) is 0 Å². The van der Waals surface area contributed by atoms with Crippen LogP contribution in [-0.4, -0.2) is 56.2 Å². The van der Waals surface area contributed by atoms with Gasteiger partial charge in [-0.25, -0.2) is 10.6 Å². The summed E-state index contributed by atoms with van der Waals surface area (Å²) in [6.45, 7) is 2.93. The van der Waals surface area contributed by atoms with E-state index in [0.717, 1.165) is 34.6 Å². The van der Waals surface area contributed by atoms with E-state index in [0.29, 0.717) is 13.1 Å². The lowest BCUT2D eigenvalue weighted by atomic mass is 10.1. The second-order valence-corrected chi connectivity index (χ2v) is 9.73. The first-order chi connectivity index (χ1) is 17.1. The number of carbonyl (C=O) groups is 1. The van der Waals surface area contributed by atoms with Gasteiger partial charge in [0.25, 0.3) is 10.1 Å². The summed E-state index contributed by atoms with van der Waals surface area (Å²) in [5.74, 6) is 7.48. The van der Waals surface area contributed by atoms with E-state index in [2.05, 4.69) is 0 Å². The lowest BCUT2D eigenvalue weighted by molar-refractivity contribution is 0.187. The second kappa shape index (κ2) is 11.9. The number of amides is 2. The molecule has 0 bridgehead atoms. The van der Waals surface area contributed by atoms with Gasteiger partial charge in [0.1, 0.15) is 11.5 Å². The summed E-state index contributed by atoms with van der Waals surface area (Å²) in [6, 6.07) is 21.4. The third-order valence-electron chi connectivity index (χ3n) is 5.86. The number of urea groups is 1. The minimum Gasteiger partial charge on any atom is -0.497 e. The maximum absolute atomic E-state index is 12.4. The van der Waals surface area contributed by atoms with Crippen molar-refractivity contribution in [2.75, 3.05) is 27.3 Å². The molecule has 3 N–H and O–H groups in total. The average Bonchev–Trinajstić information content (AvgIpc) is 3.16. The van der Waals surface area contributed by atoms with E-state index < -0.39 is 10.1 Å². The van der Waals surface area contributed by atoms with Gasteiger partial charge < -0.3 is 14.4 Å². The molecule has 1 atom stereocenters. The highest BCUT2D eigenvalue weighted by atomic mass is 32.2. The van der Waals surface area contributed by atoms with Gasteiger partial charge in [-0.1, -0.05) is 42.0 Å². The molecule has 1 heterocycles. The van der Waals surface area contributed by atoms with Crippen LogP contribution in [0.3, 0.4) is 0 Å². The van der Waals surface area contributed by atoms with Crippen LogP contribution in [0.1, 0.15) is 22.7 Å². The van der Waals surface area contributed by atoms with Crippen molar-refractivity contribution in [3.8, 4) is 11.5 Å². The third kappa shape index (κ3) is 6.97. The van der Waals surface area contributed by atoms with E-state index in [1.54, 1.807) is 26.4 Å². The Morgan fingerprint density at radius 1 is 0.917 bits per heavy atom. The Balaban J connectivity index is 0.000000275. The van der Waals surface area contributed by atoms with Crippen LogP contribution in [0, 0.1) is 6.92 Å². The number of methoxy groups -OCH3 is 2. The molecule has 1 saturated heterocycles. The van der Waals surface area contributed by atoms with Gasteiger partial charge in [-0.15, -0.1) is 0 Å². The molecule has 0 aromatic heterocycles. The summed E-state index contributed by atoms with van der Waals surface area (Å²) >= 11 is 0. The fraction of sp³-hybridized carbons (Fsp3) is 0.269. The summed E-state index contributed by atoms with van der Waals surface area (Å²) in [5, 5.41) is 1.28. The highest BCUT2D eigenvalue weighted by Gasteiger charge is 2.36. The highest BCUT2D eigenvalue weighted by Crippen LogP contribution is 2.29. The van der Waals surface area contributed by atoms with Gasteiger partial charge in [0.15, 0.2) is 0 Å². The summed E-state index contributed by atoms with van der Waals surface area (Å²) < 4.78 is 39.9. The standard InChI is InChI=1S/C19H23N3O3.C7H8O3S/c1-24-16-7-3-14(4-8-16)11-12-21-18(13-22(20)19(21)23)15-5-9-17(25-2)10-6-15;1-6-2-4-7(5-3-6)11(8,9)10/h3-10,18H,11-13,20H2,1-2H3;2-5H,1H3,(H,8,9,10). The van der Waals surface area contributed by atoms with E-state index in [1.807, 2.05) is 60.4 Å². The number of carbonyl (C=O) groups excluding carboxylic acids is 1. The molecule has 1 aliphatic rings. The van der Waals surface area contributed by atoms with Gasteiger partial charge in [-0.05, 0) is 60.9 Å². The Kier molecular flexibility index (Phi) is 8.92. The molecule has 1 aliphatic heterocycles. The van der Waals surface area contributed by atoms with Crippen molar-refractivity contribution < 1.29 is 27.2 Å². The largest absolute Gasteiger partial charge is 0.497 e. The Morgan fingerprint density at radius 3 is 1.94 bits per heavy atom. The van der Waals surface area contributed by atoms with Crippen LogP contribution in [-0.2, 0) is 16.5 Å². The van der Waals surface area contributed by atoms with E-state index in [-0.39, 0.29) is 17.0 Å². The average molecular weight is 514 g/mol. The molecule has 36 heavy (non-hydrogen) atoms. The number of hydrazine groups is 1. The summed E-state index contributed by atoms with van der Waals surface area (Å²) in [5.41, 5.74) is 3.16. The topological polar surface area (TPSA) is 122 Å². The molecule has 3 aromatic carbocycles. The number of nitrogens with two attached hydrogens (primary N) is 1. The van der Waals surface area contributed by atoms with E-state index in [4.69, 9.17) is 19.9 Å². The molecule has 1 fully saturated rings. The molecular weight excluding hydrogens is 482 g/mol. The number of hydrogen-bond acceptors (Lipinski definition) is 6. The minimum absolute atomic E-state index is 0.0540. The lowest BCUT2D eigenvalue weighted by Gasteiger charge is -2.23. The molecule has 192 valence electrons. The quantitative estimate of drug-likeness (QED) is 0.280. The monoisotopic (exact) mass is 513 g/mol. The second-order valence-electron chi connectivity index (χ2n) is 8.30. The van der Waals surface area contributed by atoms with Crippen molar-refractivity contribution in [1.82, 2.24) is 9.91 Å². The van der Waals surface area contributed by atoms with Crippen molar-refractivity contribution >= 4 is 16.1 Å². The molecule has 3 aromatic rings. The fourth-order valence-corrected chi connectivity index (χ4v) is 4.26. The molecular formula is C26H31N3O6S. The van der Waals surface area contributed by atoms with Crippen molar-refractivity contribution in [3.05, 3.63) is 89.5 Å². The van der Waals surface area contributed by atoms with Crippen LogP contribution in [0.15, 0.2) is 77.7 Å². The normalized spacial score (nSPS) is 15.4.